The van der Waals surface area contributed by atoms with Crippen molar-refractivity contribution in [3.8, 4) is 11.5 Å². The van der Waals surface area contributed by atoms with E-state index in [-0.39, 0.29) is 5.91 Å². The van der Waals surface area contributed by atoms with E-state index in [0.717, 1.165) is 93.1 Å². The summed E-state index contributed by atoms with van der Waals surface area (Å²) < 4.78 is 10.9. The lowest BCUT2D eigenvalue weighted by molar-refractivity contribution is 0.0521. The van der Waals surface area contributed by atoms with Crippen molar-refractivity contribution in [2.45, 2.75) is 70.4 Å². The van der Waals surface area contributed by atoms with Gasteiger partial charge in [-0.2, -0.15) is 0 Å². The maximum absolute atomic E-state index is 13.7. The first-order valence-corrected chi connectivity index (χ1v) is 14.5. The van der Waals surface area contributed by atoms with Crippen LogP contribution in [-0.4, -0.2) is 85.1 Å². The summed E-state index contributed by atoms with van der Waals surface area (Å²) in [4.78, 5) is 25.8. The van der Waals surface area contributed by atoms with Crippen molar-refractivity contribution in [3.63, 3.8) is 0 Å². The molecule has 5 rings (SSSR count). The van der Waals surface area contributed by atoms with E-state index < -0.39 is 0 Å². The number of carbonyl (C=O) groups is 1. The molecule has 1 saturated carbocycles. The van der Waals surface area contributed by atoms with Crippen LogP contribution in [0.15, 0.2) is 30.3 Å². The number of aromatic nitrogens is 1. The van der Waals surface area contributed by atoms with Crippen molar-refractivity contribution in [2.75, 3.05) is 53.5 Å². The Labute approximate surface area is 228 Å². The fraction of sp³-hybridized carbons (Fsp3) is 0.613. The maximum atomic E-state index is 13.7. The van der Waals surface area contributed by atoms with E-state index in [9.17, 15) is 4.79 Å². The number of aryl methyl sites for hydroxylation is 1. The van der Waals surface area contributed by atoms with Gasteiger partial charge in [0.05, 0.1) is 25.5 Å². The summed E-state index contributed by atoms with van der Waals surface area (Å²) in [6, 6.07) is 10.8. The van der Waals surface area contributed by atoms with Crippen molar-refractivity contribution in [1.82, 2.24) is 19.7 Å². The zero-order chi connectivity index (χ0) is 26.5. The van der Waals surface area contributed by atoms with Crippen LogP contribution in [0, 0.1) is 6.92 Å². The van der Waals surface area contributed by atoms with Gasteiger partial charge >= 0.3 is 0 Å². The molecule has 3 fully saturated rings. The second kappa shape index (κ2) is 12.5. The van der Waals surface area contributed by atoms with E-state index in [2.05, 4.69) is 26.8 Å². The first kappa shape index (κ1) is 26.9. The van der Waals surface area contributed by atoms with Crippen LogP contribution in [0.5, 0.6) is 11.5 Å². The van der Waals surface area contributed by atoms with E-state index >= 15 is 0 Å². The molecule has 0 N–H and O–H groups in total. The highest BCUT2D eigenvalue weighted by Gasteiger charge is 2.31. The Kier molecular flexibility index (Phi) is 8.85. The van der Waals surface area contributed by atoms with Crippen LogP contribution in [-0.2, 0) is 6.54 Å². The Morgan fingerprint density at radius 2 is 1.53 bits per heavy atom. The molecule has 3 heterocycles. The molecule has 1 aromatic carbocycles. The number of piperidine rings is 1. The number of nitrogens with zero attached hydrogens (tertiary/aromatic N) is 4. The van der Waals surface area contributed by atoms with Gasteiger partial charge in [0, 0.05) is 56.4 Å². The minimum absolute atomic E-state index is 0.168. The smallest absolute Gasteiger partial charge is 0.255 e. The number of methoxy groups -OCH3 is 2. The third kappa shape index (κ3) is 6.32. The van der Waals surface area contributed by atoms with Crippen LogP contribution < -0.4 is 9.47 Å². The number of hydrogen-bond acceptors (Lipinski definition) is 6. The van der Waals surface area contributed by atoms with Crippen LogP contribution in [0.2, 0.25) is 0 Å². The maximum Gasteiger partial charge on any atom is 0.255 e. The highest BCUT2D eigenvalue weighted by atomic mass is 16.5. The molecule has 38 heavy (non-hydrogen) atoms. The fourth-order valence-electron chi connectivity index (χ4n) is 6.56. The molecular formula is C31H44N4O3. The molecule has 0 unspecified atom stereocenters. The van der Waals surface area contributed by atoms with Crippen molar-refractivity contribution in [3.05, 3.63) is 52.8 Å². The van der Waals surface area contributed by atoms with E-state index in [1.165, 1.54) is 37.7 Å². The number of ether oxygens (including phenoxy) is 2. The van der Waals surface area contributed by atoms with E-state index in [1.54, 1.807) is 14.2 Å². The number of pyridine rings is 1. The monoisotopic (exact) mass is 520 g/mol. The molecule has 1 aromatic heterocycles. The van der Waals surface area contributed by atoms with Crippen LogP contribution in [0.25, 0.3) is 0 Å². The number of hydrogen-bond donors (Lipinski definition) is 0. The van der Waals surface area contributed by atoms with Gasteiger partial charge < -0.3 is 14.4 Å². The first-order chi connectivity index (χ1) is 18.5. The van der Waals surface area contributed by atoms with Gasteiger partial charge in [0.25, 0.3) is 5.91 Å². The minimum atomic E-state index is 0.168. The zero-order valence-corrected chi connectivity index (χ0v) is 23.5. The standard InChI is InChI=1S/C31H44N4O3/c1-23-9-10-29(31(36)35-17-15-34(16-18-35)26-7-5-4-6-8-26)30(32-23)25-11-13-33(14-12-25)22-24-19-27(37-2)21-28(20-24)38-3/h9-10,19-21,25-26H,4-8,11-18,22H2,1-3H3. The van der Waals surface area contributed by atoms with E-state index in [0.29, 0.717) is 5.92 Å². The van der Waals surface area contributed by atoms with Crippen molar-refractivity contribution in [1.29, 1.82) is 0 Å². The molecular weight excluding hydrogens is 476 g/mol. The molecule has 3 aliphatic rings. The normalized spacial score (nSPS) is 20.4. The van der Waals surface area contributed by atoms with Gasteiger partial charge in [0.1, 0.15) is 11.5 Å². The number of carbonyl (C=O) groups excluding carboxylic acids is 1. The summed E-state index contributed by atoms with van der Waals surface area (Å²) in [7, 11) is 3.38. The molecule has 206 valence electrons. The quantitative estimate of drug-likeness (QED) is 0.519. The van der Waals surface area contributed by atoms with Crippen molar-refractivity contribution in [2.24, 2.45) is 0 Å². The molecule has 0 atom stereocenters. The topological polar surface area (TPSA) is 58.1 Å². The summed E-state index contributed by atoms with van der Waals surface area (Å²) in [5.74, 6) is 2.12. The van der Waals surface area contributed by atoms with Gasteiger partial charge in [-0.3, -0.25) is 19.6 Å². The van der Waals surface area contributed by atoms with Crippen LogP contribution in [0.3, 0.4) is 0 Å². The summed E-state index contributed by atoms with van der Waals surface area (Å²) in [5, 5.41) is 0. The lowest BCUT2D eigenvalue weighted by Crippen LogP contribution is -2.52. The van der Waals surface area contributed by atoms with Gasteiger partial charge in [-0.15, -0.1) is 0 Å². The highest BCUT2D eigenvalue weighted by Crippen LogP contribution is 2.32. The Balaban J connectivity index is 1.21. The number of benzene rings is 1. The Morgan fingerprint density at radius 3 is 2.16 bits per heavy atom. The van der Waals surface area contributed by atoms with Gasteiger partial charge in [-0.05, 0) is 75.5 Å². The van der Waals surface area contributed by atoms with E-state index in [4.69, 9.17) is 14.5 Å². The summed E-state index contributed by atoms with van der Waals surface area (Å²) in [6.07, 6.45) is 8.75. The van der Waals surface area contributed by atoms with Crippen LogP contribution in [0.1, 0.15) is 78.2 Å². The lowest BCUT2D eigenvalue weighted by atomic mass is 9.89. The van der Waals surface area contributed by atoms with Crippen molar-refractivity contribution < 1.29 is 14.3 Å². The highest BCUT2D eigenvalue weighted by molar-refractivity contribution is 5.95. The van der Waals surface area contributed by atoms with Gasteiger partial charge in [0.15, 0.2) is 0 Å². The predicted molar refractivity (Wildman–Crippen MR) is 150 cm³/mol. The zero-order valence-electron chi connectivity index (χ0n) is 23.5. The van der Waals surface area contributed by atoms with E-state index in [1.807, 2.05) is 25.1 Å². The van der Waals surface area contributed by atoms with Gasteiger partial charge in [-0.1, -0.05) is 19.3 Å². The number of piperazine rings is 1. The van der Waals surface area contributed by atoms with Crippen LogP contribution in [0.4, 0.5) is 0 Å². The number of amides is 1. The van der Waals surface area contributed by atoms with Crippen LogP contribution >= 0.6 is 0 Å². The number of rotatable bonds is 7. The van der Waals surface area contributed by atoms with Crippen molar-refractivity contribution >= 4 is 5.91 Å². The second-order valence-electron chi connectivity index (χ2n) is 11.3. The molecule has 2 aromatic rings. The molecule has 2 aliphatic heterocycles. The number of likely N-dealkylation sites (tertiary alicyclic amines) is 1. The predicted octanol–water partition coefficient (Wildman–Crippen LogP) is 4.88. The molecule has 1 aliphatic carbocycles. The van der Waals surface area contributed by atoms with Gasteiger partial charge in [-0.25, -0.2) is 0 Å². The molecule has 0 spiro atoms. The Bertz CT molecular complexity index is 1060. The molecule has 1 amide bonds. The third-order valence-electron chi connectivity index (χ3n) is 8.78. The average Bonchev–Trinajstić information content (AvgIpc) is 2.97. The largest absolute Gasteiger partial charge is 0.497 e. The lowest BCUT2D eigenvalue weighted by Gasteiger charge is -2.41. The molecule has 0 bridgehead atoms. The first-order valence-electron chi connectivity index (χ1n) is 14.5. The van der Waals surface area contributed by atoms with Gasteiger partial charge in [0.2, 0.25) is 0 Å². The second-order valence-corrected chi connectivity index (χ2v) is 11.3. The minimum Gasteiger partial charge on any atom is -0.497 e. The Morgan fingerprint density at radius 1 is 0.868 bits per heavy atom. The average molecular weight is 521 g/mol. The molecule has 0 radical (unpaired) electrons. The third-order valence-corrected chi connectivity index (χ3v) is 8.78. The summed E-state index contributed by atoms with van der Waals surface area (Å²) in [5.41, 5.74) is 4.01. The summed E-state index contributed by atoms with van der Waals surface area (Å²) >= 11 is 0. The Hall–Kier alpha value is -2.64. The molecule has 2 saturated heterocycles. The SMILES string of the molecule is COc1cc(CN2CCC(c3nc(C)ccc3C(=O)N3CCN(C4CCCCC4)CC3)CC2)cc(OC)c1. The fourth-order valence-corrected chi connectivity index (χ4v) is 6.56. The molecule has 7 nitrogen and oxygen atoms in total. The summed E-state index contributed by atoms with van der Waals surface area (Å²) in [6.45, 7) is 8.50. The molecule has 7 heteroatoms.